The summed E-state index contributed by atoms with van der Waals surface area (Å²) < 4.78 is 5.24. The Morgan fingerprint density at radius 1 is 1.44 bits per heavy atom. The maximum atomic E-state index is 11.4. The number of carbonyl (C=O) groups is 1. The van der Waals surface area contributed by atoms with Gasteiger partial charge in [-0.1, -0.05) is 24.1 Å². The second kappa shape index (κ2) is 8.15. The summed E-state index contributed by atoms with van der Waals surface area (Å²) in [5, 5.41) is 5.65. The van der Waals surface area contributed by atoms with Gasteiger partial charge < -0.3 is 10.1 Å². The van der Waals surface area contributed by atoms with Crippen molar-refractivity contribution in [1.29, 1.82) is 0 Å². The highest BCUT2D eigenvalue weighted by Gasteiger charge is 2.03. The average Bonchev–Trinajstić information content (AvgIpc) is 2.39. The molecule has 0 spiro atoms. The van der Waals surface area contributed by atoms with Crippen LogP contribution in [0.1, 0.15) is 5.56 Å². The molecule has 0 saturated carbocycles. The van der Waals surface area contributed by atoms with Crippen LogP contribution in [0, 0.1) is 12.3 Å². The van der Waals surface area contributed by atoms with Crippen LogP contribution in [0.25, 0.3) is 0 Å². The fraction of sp³-hybridized carbons (Fsp3) is 0.357. The lowest BCUT2D eigenvalue weighted by molar-refractivity contribution is -0.120. The van der Waals surface area contributed by atoms with Crippen molar-refractivity contribution in [3.63, 3.8) is 0 Å². The van der Waals surface area contributed by atoms with Gasteiger partial charge in [0, 0.05) is 6.54 Å². The van der Waals surface area contributed by atoms with Gasteiger partial charge in [-0.05, 0) is 18.1 Å². The van der Waals surface area contributed by atoms with E-state index >= 15 is 0 Å². The minimum Gasteiger partial charge on any atom is -0.496 e. The first-order valence-corrected chi connectivity index (χ1v) is 5.80. The average molecular weight is 246 g/mol. The molecule has 1 rings (SSSR count). The molecule has 4 heteroatoms. The molecule has 0 heterocycles. The number of ether oxygens (including phenoxy) is 1. The lowest BCUT2D eigenvalue weighted by Crippen LogP contribution is -2.35. The van der Waals surface area contributed by atoms with Crippen molar-refractivity contribution in [3.8, 4) is 18.1 Å². The highest BCUT2D eigenvalue weighted by Crippen LogP contribution is 2.16. The van der Waals surface area contributed by atoms with Gasteiger partial charge in [0.2, 0.25) is 5.91 Å². The standard InChI is InChI=1S/C14H18N2O2/c1-3-9-15-11-14(17)16-10-8-12-6-4-5-7-13(12)18-2/h1,4-7,15H,8-11H2,2H3,(H,16,17). The first kappa shape index (κ1) is 14.1. The van der Waals surface area contributed by atoms with Gasteiger partial charge in [0.05, 0.1) is 20.2 Å². The van der Waals surface area contributed by atoms with Crippen LogP contribution in [0.15, 0.2) is 24.3 Å². The second-order valence-electron chi connectivity index (χ2n) is 3.72. The number of methoxy groups -OCH3 is 1. The van der Waals surface area contributed by atoms with Crippen LogP contribution < -0.4 is 15.4 Å². The largest absolute Gasteiger partial charge is 0.496 e. The fourth-order valence-corrected chi connectivity index (χ4v) is 1.56. The molecule has 1 aromatic carbocycles. The summed E-state index contributed by atoms with van der Waals surface area (Å²) in [6.45, 7) is 1.23. The predicted molar refractivity (Wildman–Crippen MR) is 71.4 cm³/mol. The van der Waals surface area contributed by atoms with Gasteiger partial charge in [0.1, 0.15) is 5.75 Å². The normalized spacial score (nSPS) is 9.56. The molecule has 0 aliphatic heterocycles. The van der Waals surface area contributed by atoms with E-state index in [2.05, 4.69) is 16.6 Å². The molecule has 1 amide bonds. The zero-order chi connectivity index (χ0) is 13.2. The Balaban J connectivity index is 2.29. The monoisotopic (exact) mass is 246 g/mol. The first-order valence-electron chi connectivity index (χ1n) is 5.80. The summed E-state index contributed by atoms with van der Waals surface area (Å²) in [6, 6.07) is 7.77. The summed E-state index contributed by atoms with van der Waals surface area (Å²) in [6.07, 6.45) is 5.81. The van der Waals surface area contributed by atoms with Gasteiger partial charge in [-0.2, -0.15) is 0 Å². The van der Waals surface area contributed by atoms with Crippen molar-refractivity contribution in [2.24, 2.45) is 0 Å². The van der Waals surface area contributed by atoms with E-state index in [0.717, 1.165) is 17.7 Å². The van der Waals surface area contributed by atoms with E-state index in [9.17, 15) is 4.79 Å². The summed E-state index contributed by atoms with van der Waals surface area (Å²) in [5.74, 6) is 3.20. The van der Waals surface area contributed by atoms with Gasteiger partial charge in [-0.15, -0.1) is 6.42 Å². The SMILES string of the molecule is C#CCNCC(=O)NCCc1ccccc1OC. The summed E-state index contributed by atoms with van der Waals surface area (Å²) >= 11 is 0. The molecular formula is C14H18N2O2. The van der Waals surface area contributed by atoms with E-state index in [-0.39, 0.29) is 12.5 Å². The second-order valence-corrected chi connectivity index (χ2v) is 3.72. The Labute approximate surface area is 108 Å². The molecule has 96 valence electrons. The van der Waals surface area contributed by atoms with Gasteiger partial charge in [0.25, 0.3) is 0 Å². The highest BCUT2D eigenvalue weighted by atomic mass is 16.5. The molecule has 0 aromatic heterocycles. The Morgan fingerprint density at radius 3 is 2.94 bits per heavy atom. The summed E-state index contributed by atoms with van der Waals surface area (Å²) in [7, 11) is 1.64. The number of benzene rings is 1. The maximum Gasteiger partial charge on any atom is 0.233 e. The van der Waals surface area contributed by atoms with Crippen molar-refractivity contribution in [2.45, 2.75) is 6.42 Å². The Morgan fingerprint density at radius 2 is 2.22 bits per heavy atom. The maximum absolute atomic E-state index is 11.4. The minimum absolute atomic E-state index is 0.0554. The fourth-order valence-electron chi connectivity index (χ4n) is 1.56. The number of hydrogen-bond donors (Lipinski definition) is 2. The van der Waals surface area contributed by atoms with Crippen LogP contribution in [-0.2, 0) is 11.2 Å². The molecule has 0 bridgehead atoms. The van der Waals surface area contributed by atoms with Crippen molar-refractivity contribution in [3.05, 3.63) is 29.8 Å². The third-order valence-electron chi connectivity index (χ3n) is 2.42. The van der Waals surface area contributed by atoms with Crippen LogP contribution in [-0.4, -0.2) is 32.7 Å². The molecule has 18 heavy (non-hydrogen) atoms. The number of rotatable bonds is 7. The number of nitrogens with one attached hydrogen (secondary N) is 2. The van der Waals surface area contributed by atoms with Crippen LogP contribution >= 0.6 is 0 Å². The van der Waals surface area contributed by atoms with E-state index in [1.807, 2.05) is 24.3 Å². The summed E-state index contributed by atoms with van der Waals surface area (Å²) in [4.78, 5) is 11.4. The minimum atomic E-state index is -0.0554. The number of para-hydroxylation sites is 1. The molecule has 4 nitrogen and oxygen atoms in total. The predicted octanol–water partition coefficient (Wildman–Crippen LogP) is 0.577. The smallest absolute Gasteiger partial charge is 0.233 e. The number of terminal acetylenes is 1. The van der Waals surface area contributed by atoms with Gasteiger partial charge in [0.15, 0.2) is 0 Å². The first-order chi connectivity index (χ1) is 8.77. The van der Waals surface area contributed by atoms with Crippen LogP contribution in [0.2, 0.25) is 0 Å². The molecular weight excluding hydrogens is 228 g/mol. The number of hydrogen-bond acceptors (Lipinski definition) is 3. The molecule has 0 aliphatic rings. The van der Waals surface area contributed by atoms with E-state index in [0.29, 0.717) is 13.1 Å². The van der Waals surface area contributed by atoms with Crippen molar-refractivity contribution in [2.75, 3.05) is 26.7 Å². The molecule has 0 fully saturated rings. The zero-order valence-electron chi connectivity index (χ0n) is 10.5. The van der Waals surface area contributed by atoms with Crippen LogP contribution in [0.4, 0.5) is 0 Å². The zero-order valence-corrected chi connectivity index (χ0v) is 10.5. The van der Waals surface area contributed by atoms with Gasteiger partial charge in [-0.25, -0.2) is 0 Å². The Hall–Kier alpha value is -1.99. The van der Waals surface area contributed by atoms with E-state index < -0.39 is 0 Å². The summed E-state index contributed by atoms with van der Waals surface area (Å²) in [5.41, 5.74) is 1.08. The van der Waals surface area contributed by atoms with Crippen LogP contribution in [0.5, 0.6) is 5.75 Å². The number of amides is 1. The molecule has 1 aromatic rings. The lowest BCUT2D eigenvalue weighted by atomic mass is 10.1. The third-order valence-corrected chi connectivity index (χ3v) is 2.42. The van der Waals surface area contributed by atoms with Crippen molar-refractivity contribution < 1.29 is 9.53 Å². The molecule has 0 atom stereocenters. The molecule has 0 radical (unpaired) electrons. The molecule has 2 N–H and O–H groups in total. The third kappa shape index (κ3) is 4.89. The highest BCUT2D eigenvalue weighted by molar-refractivity contribution is 5.78. The van der Waals surface area contributed by atoms with Crippen molar-refractivity contribution >= 4 is 5.91 Å². The molecule has 0 saturated heterocycles. The lowest BCUT2D eigenvalue weighted by Gasteiger charge is -2.09. The molecule has 0 aliphatic carbocycles. The van der Waals surface area contributed by atoms with Gasteiger partial charge >= 0.3 is 0 Å². The molecule has 0 unspecified atom stereocenters. The van der Waals surface area contributed by atoms with Gasteiger partial charge in [-0.3, -0.25) is 10.1 Å². The van der Waals surface area contributed by atoms with Crippen LogP contribution in [0.3, 0.4) is 0 Å². The quantitative estimate of drug-likeness (QED) is 0.546. The topological polar surface area (TPSA) is 50.4 Å². The van der Waals surface area contributed by atoms with E-state index in [1.165, 1.54) is 0 Å². The van der Waals surface area contributed by atoms with E-state index in [1.54, 1.807) is 7.11 Å². The van der Waals surface area contributed by atoms with Crippen molar-refractivity contribution in [1.82, 2.24) is 10.6 Å². The Kier molecular flexibility index (Phi) is 6.37. The van der Waals surface area contributed by atoms with E-state index in [4.69, 9.17) is 11.2 Å². The number of carbonyl (C=O) groups excluding carboxylic acids is 1. The Bertz CT molecular complexity index is 424.